The summed E-state index contributed by atoms with van der Waals surface area (Å²) in [7, 11) is -3.01. The number of hydrogen-bond acceptors (Lipinski definition) is 6. The lowest BCUT2D eigenvalue weighted by molar-refractivity contribution is 0.165. The fraction of sp³-hybridized carbons (Fsp3) is 0.550. The predicted octanol–water partition coefficient (Wildman–Crippen LogP) is 1.05. The normalized spacial score (nSPS) is 20.8. The monoisotopic (exact) mass is 417 g/mol. The first kappa shape index (κ1) is 20.2. The minimum Gasteiger partial charge on any atom is -0.302 e. The first-order valence-corrected chi connectivity index (χ1v) is 11.8. The molecular formula is C20H27N5O3S. The summed E-state index contributed by atoms with van der Waals surface area (Å²) < 4.78 is 27.1. The molecule has 2 aliphatic heterocycles. The van der Waals surface area contributed by atoms with E-state index in [-0.39, 0.29) is 11.3 Å². The minimum atomic E-state index is -3.01. The third-order valence-electron chi connectivity index (χ3n) is 5.89. The highest BCUT2D eigenvalue weighted by atomic mass is 32.2. The van der Waals surface area contributed by atoms with Crippen LogP contribution in [-0.4, -0.2) is 70.6 Å². The maximum Gasteiger partial charge on any atom is 0.253 e. The lowest BCUT2D eigenvalue weighted by Gasteiger charge is -2.32. The zero-order chi connectivity index (χ0) is 20.3. The average molecular weight is 418 g/mol. The van der Waals surface area contributed by atoms with E-state index in [2.05, 4.69) is 14.9 Å². The molecule has 0 spiro atoms. The summed E-state index contributed by atoms with van der Waals surface area (Å²) in [5, 5.41) is 0. The van der Waals surface area contributed by atoms with Crippen LogP contribution in [-0.2, 0) is 16.6 Å². The van der Waals surface area contributed by atoms with Crippen molar-refractivity contribution < 1.29 is 8.42 Å². The second-order valence-corrected chi connectivity index (χ2v) is 9.94. The van der Waals surface area contributed by atoms with Crippen LogP contribution < -0.4 is 5.56 Å². The maximum atomic E-state index is 12.5. The molecule has 2 aromatic rings. The molecular weight excluding hydrogens is 390 g/mol. The van der Waals surface area contributed by atoms with Crippen LogP contribution in [0.3, 0.4) is 0 Å². The van der Waals surface area contributed by atoms with Gasteiger partial charge in [-0.25, -0.2) is 17.7 Å². The number of sulfonamides is 1. The molecule has 2 saturated heterocycles. The van der Waals surface area contributed by atoms with Gasteiger partial charge in [0.15, 0.2) is 0 Å². The largest absolute Gasteiger partial charge is 0.302 e. The van der Waals surface area contributed by atoms with Gasteiger partial charge in [0.25, 0.3) is 5.56 Å². The Bertz CT molecular complexity index is 985. The van der Waals surface area contributed by atoms with Gasteiger partial charge in [-0.2, -0.15) is 0 Å². The summed E-state index contributed by atoms with van der Waals surface area (Å²) in [6.45, 7) is 4.59. The van der Waals surface area contributed by atoms with Crippen molar-refractivity contribution in [3.05, 3.63) is 47.3 Å². The first-order chi connectivity index (χ1) is 14.0. The van der Waals surface area contributed by atoms with E-state index in [0.717, 1.165) is 44.5 Å². The van der Waals surface area contributed by atoms with E-state index in [0.29, 0.717) is 31.2 Å². The average Bonchev–Trinajstić information content (AvgIpc) is 3.07. The Morgan fingerprint density at radius 2 is 1.83 bits per heavy atom. The van der Waals surface area contributed by atoms with Gasteiger partial charge in [0, 0.05) is 50.2 Å². The molecule has 2 aromatic heterocycles. The Labute approximate surface area is 171 Å². The number of hydrogen-bond donors (Lipinski definition) is 0. The molecule has 0 unspecified atom stereocenters. The van der Waals surface area contributed by atoms with Gasteiger partial charge in [-0.05, 0) is 50.4 Å². The van der Waals surface area contributed by atoms with Gasteiger partial charge in [0.05, 0.1) is 17.8 Å². The van der Waals surface area contributed by atoms with E-state index in [1.807, 2.05) is 12.1 Å². The molecule has 0 aromatic carbocycles. The fourth-order valence-corrected chi connectivity index (χ4v) is 5.63. The van der Waals surface area contributed by atoms with Gasteiger partial charge in [-0.3, -0.25) is 14.3 Å². The number of likely N-dealkylation sites (tertiary alicyclic amines) is 1. The van der Waals surface area contributed by atoms with Crippen molar-refractivity contribution in [3.8, 4) is 11.3 Å². The van der Waals surface area contributed by atoms with Crippen molar-refractivity contribution in [1.29, 1.82) is 0 Å². The molecule has 2 fully saturated rings. The number of pyridine rings is 1. The molecule has 4 rings (SSSR count). The molecule has 9 heteroatoms. The molecule has 0 amide bonds. The number of rotatable bonds is 6. The standard InChI is InChI=1S/C20H27N5O3S/c26-20-14-19(18-2-6-21-7-3-18)22-16-24(20)15-17-4-9-23(10-5-17)11-12-25-8-1-13-29(25,27)28/h2-3,6-7,14,16-17H,1,4-5,8-13,15H2. The molecule has 0 N–H and O–H groups in total. The van der Waals surface area contributed by atoms with E-state index in [4.69, 9.17) is 0 Å². The third kappa shape index (κ3) is 4.91. The van der Waals surface area contributed by atoms with Gasteiger partial charge in [-0.1, -0.05) is 0 Å². The molecule has 4 heterocycles. The number of piperidine rings is 1. The van der Waals surface area contributed by atoms with E-state index >= 15 is 0 Å². The van der Waals surface area contributed by atoms with Gasteiger partial charge in [-0.15, -0.1) is 0 Å². The fourth-order valence-electron chi connectivity index (χ4n) is 4.11. The molecule has 0 aliphatic carbocycles. The lowest BCUT2D eigenvalue weighted by atomic mass is 9.96. The summed E-state index contributed by atoms with van der Waals surface area (Å²) in [5.74, 6) is 0.728. The molecule has 29 heavy (non-hydrogen) atoms. The van der Waals surface area contributed by atoms with Crippen molar-refractivity contribution in [2.75, 3.05) is 38.5 Å². The highest BCUT2D eigenvalue weighted by Gasteiger charge is 2.28. The second kappa shape index (κ2) is 8.73. The number of nitrogens with zero attached hydrogens (tertiary/aromatic N) is 5. The van der Waals surface area contributed by atoms with E-state index in [9.17, 15) is 13.2 Å². The zero-order valence-electron chi connectivity index (χ0n) is 16.5. The quantitative estimate of drug-likeness (QED) is 0.698. The maximum absolute atomic E-state index is 12.5. The van der Waals surface area contributed by atoms with Crippen LogP contribution in [0.5, 0.6) is 0 Å². The van der Waals surface area contributed by atoms with Crippen molar-refractivity contribution in [1.82, 2.24) is 23.7 Å². The summed E-state index contributed by atoms with van der Waals surface area (Å²) in [6, 6.07) is 5.27. The van der Waals surface area contributed by atoms with Crippen LogP contribution in [0.1, 0.15) is 19.3 Å². The van der Waals surface area contributed by atoms with Crippen molar-refractivity contribution in [3.63, 3.8) is 0 Å². The Morgan fingerprint density at radius 3 is 2.48 bits per heavy atom. The SMILES string of the molecule is O=c1cc(-c2ccncc2)ncn1CC1CCN(CCN2CCCS2(=O)=O)CC1. The van der Waals surface area contributed by atoms with Crippen LogP contribution in [0.15, 0.2) is 41.7 Å². The van der Waals surface area contributed by atoms with Gasteiger partial charge >= 0.3 is 0 Å². The van der Waals surface area contributed by atoms with E-state index in [1.54, 1.807) is 33.7 Å². The van der Waals surface area contributed by atoms with E-state index in [1.165, 1.54) is 0 Å². The van der Waals surface area contributed by atoms with E-state index < -0.39 is 10.0 Å². The second-order valence-electron chi connectivity index (χ2n) is 7.85. The molecule has 8 nitrogen and oxygen atoms in total. The predicted molar refractivity (Wildman–Crippen MR) is 111 cm³/mol. The molecule has 0 bridgehead atoms. The minimum absolute atomic E-state index is 0.0338. The Hall–Kier alpha value is -2.10. The Balaban J connectivity index is 1.28. The topological polar surface area (TPSA) is 88.4 Å². The van der Waals surface area contributed by atoms with Crippen LogP contribution >= 0.6 is 0 Å². The summed E-state index contributed by atoms with van der Waals surface area (Å²) in [4.78, 5) is 23.3. The Kier molecular flexibility index (Phi) is 6.07. The first-order valence-electron chi connectivity index (χ1n) is 10.2. The van der Waals surface area contributed by atoms with Gasteiger partial charge in [0.2, 0.25) is 10.0 Å². The smallest absolute Gasteiger partial charge is 0.253 e. The molecule has 0 saturated carbocycles. The van der Waals surface area contributed by atoms with Crippen LogP contribution in [0.2, 0.25) is 0 Å². The van der Waals surface area contributed by atoms with Crippen molar-refractivity contribution in [2.24, 2.45) is 5.92 Å². The highest BCUT2D eigenvalue weighted by Crippen LogP contribution is 2.20. The van der Waals surface area contributed by atoms with Crippen LogP contribution in [0, 0.1) is 5.92 Å². The van der Waals surface area contributed by atoms with Crippen molar-refractivity contribution >= 4 is 10.0 Å². The van der Waals surface area contributed by atoms with Crippen molar-refractivity contribution in [2.45, 2.75) is 25.8 Å². The highest BCUT2D eigenvalue weighted by molar-refractivity contribution is 7.89. The molecule has 0 atom stereocenters. The number of aromatic nitrogens is 3. The Morgan fingerprint density at radius 1 is 1.07 bits per heavy atom. The summed E-state index contributed by atoms with van der Waals surface area (Å²) in [6.07, 6.45) is 7.78. The zero-order valence-corrected chi connectivity index (χ0v) is 17.3. The third-order valence-corrected chi connectivity index (χ3v) is 7.84. The van der Waals surface area contributed by atoms with Gasteiger partial charge < -0.3 is 4.90 Å². The summed E-state index contributed by atoms with van der Waals surface area (Å²) in [5.41, 5.74) is 1.52. The molecule has 0 radical (unpaired) electrons. The van der Waals surface area contributed by atoms with Crippen LogP contribution in [0.25, 0.3) is 11.3 Å². The van der Waals surface area contributed by atoms with Crippen LogP contribution in [0.4, 0.5) is 0 Å². The summed E-state index contributed by atoms with van der Waals surface area (Å²) >= 11 is 0. The lowest BCUT2D eigenvalue weighted by Crippen LogP contribution is -2.41. The van der Waals surface area contributed by atoms with Gasteiger partial charge in [0.1, 0.15) is 0 Å². The molecule has 2 aliphatic rings. The molecule has 156 valence electrons.